The summed E-state index contributed by atoms with van der Waals surface area (Å²) >= 11 is 7.26. The van der Waals surface area contributed by atoms with Crippen LogP contribution in [-0.4, -0.2) is 40.9 Å². The molecule has 2 rings (SSSR count). The Morgan fingerprint density at radius 2 is 2.47 bits per heavy atom. The number of halogens is 1. The Morgan fingerprint density at radius 3 is 3.12 bits per heavy atom. The standard InChI is InChI=1S/C10H12ClN5S/c1-15-3-2-4-16(10(15)14-7-12)6-8-5-13-9(11)17-8/h5H,2-4,6H2,1H3. The molecule has 0 amide bonds. The lowest BCUT2D eigenvalue weighted by Crippen LogP contribution is -2.47. The first-order chi connectivity index (χ1) is 8.20. The lowest BCUT2D eigenvalue weighted by Gasteiger charge is -2.35. The fourth-order valence-electron chi connectivity index (χ4n) is 1.84. The van der Waals surface area contributed by atoms with Crippen molar-refractivity contribution in [1.82, 2.24) is 14.8 Å². The average molecular weight is 270 g/mol. The predicted octanol–water partition coefficient (Wildman–Crippen LogP) is 1.77. The van der Waals surface area contributed by atoms with Crippen LogP contribution in [0, 0.1) is 11.5 Å². The van der Waals surface area contributed by atoms with Gasteiger partial charge in [0.25, 0.3) is 0 Å². The molecule has 1 aliphatic heterocycles. The van der Waals surface area contributed by atoms with Gasteiger partial charge in [-0.05, 0) is 6.42 Å². The number of aliphatic imine (C=N–C) groups is 1. The molecule has 0 spiro atoms. The number of guanidine groups is 1. The molecule has 1 aromatic heterocycles. The van der Waals surface area contributed by atoms with E-state index in [9.17, 15) is 0 Å². The van der Waals surface area contributed by atoms with Crippen molar-refractivity contribution in [3.05, 3.63) is 15.5 Å². The van der Waals surface area contributed by atoms with E-state index < -0.39 is 0 Å². The third-order valence-corrected chi connectivity index (χ3v) is 3.67. The Bertz CT molecular complexity index is 464. The molecule has 0 unspecified atom stereocenters. The summed E-state index contributed by atoms with van der Waals surface area (Å²) in [5.74, 6) is 0.725. The Hall–Kier alpha value is -1.32. The minimum atomic E-state index is 0.545. The summed E-state index contributed by atoms with van der Waals surface area (Å²) in [5.41, 5.74) is 0. The molecule has 2 heterocycles. The number of hydrogen-bond donors (Lipinski definition) is 0. The Kier molecular flexibility index (Phi) is 3.82. The quantitative estimate of drug-likeness (QED) is 0.768. The average Bonchev–Trinajstić information content (AvgIpc) is 2.69. The number of nitriles is 1. The minimum Gasteiger partial charge on any atom is -0.345 e. The van der Waals surface area contributed by atoms with Crippen LogP contribution in [0.1, 0.15) is 11.3 Å². The molecule has 1 fully saturated rings. The fourth-order valence-corrected chi connectivity index (χ4v) is 2.83. The zero-order valence-electron chi connectivity index (χ0n) is 9.43. The number of thiazole rings is 1. The third-order valence-electron chi connectivity index (χ3n) is 2.57. The van der Waals surface area contributed by atoms with Gasteiger partial charge in [-0.15, -0.1) is 16.3 Å². The molecule has 1 aromatic rings. The Morgan fingerprint density at radius 1 is 1.65 bits per heavy atom. The van der Waals surface area contributed by atoms with Crippen molar-refractivity contribution < 1.29 is 0 Å². The van der Waals surface area contributed by atoms with E-state index in [2.05, 4.69) is 14.9 Å². The second kappa shape index (κ2) is 5.34. The van der Waals surface area contributed by atoms with Crippen LogP contribution in [0.3, 0.4) is 0 Å². The highest BCUT2D eigenvalue weighted by atomic mass is 35.5. The maximum Gasteiger partial charge on any atom is 0.212 e. The van der Waals surface area contributed by atoms with Crippen molar-refractivity contribution >= 4 is 28.9 Å². The zero-order chi connectivity index (χ0) is 12.3. The van der Waals surface area contributed by atoms with Crippen LogP contribution in [0.15, 0.2) is 11.2 Å². The Labute approximate surface area is 109 Å². The van der Waals surface area contributed by atoms with Gasteiger partial charge in [-0.2, -0.15) is 5.26 Å². The highest BCUT2D eigenvalue weighted by molar-refractivity contribution is 7.15. The molecular formula is C10H12ClN5S. The number of nitrogens with zero attached hydrogens (tertiary/aromatic N) is 5. The van der Waals surface area contributed by atoms with Crippen LogP contribution in [0.4, 0.5) is 0 Å². The summed E-state index contributed by atoms with van der Waals surface area (Å²) in [6.45, 7) is 2.54. The highest BCUT2D eigenvalue weighted by Gasteiger charge is 2.21. The monoisotopic (exact) mass is 269 g/mol. The van der Waals surface area contributed by atoms with E-state index in [1.807, 2.05) is 18.1 Å². The third kappa shape index (κ3) is 2.87. The largest absolute Gasteiger partial charge is 0.345 e. The second-order valence-corrected chi connectivity index (χ2v) is 5.49. The van der Waals surface area contributed by atoms with Gasteiger partial charge in [0.05, 0.1) is 6.54 Å². The predicted molar refractivity (Wildman–Crippen MR) is 67.8 cm³/mol. The topological polar surface area (TPSA) is 55.5 Å². The van der Waals surface area contributed by atoms with Gasteiger partial charge >= 0.3 is 0 Å². The molecular weight excluding hydrogens is 258 g/mol. The summed E-state index contributed by atoms with van der Waals surface area (Å²) in [6.07, 6.45) is 4.69. The van der Waals surface area contributed by atoms with Crippen molar-refractivity contribution in [3.63, 3.8) is 0 Å². The molecule has 90 valence electrons. The van der Waals surface area contributed by atoms with Crippen molar-refractivity contribution in [1.29, 1.82) is 5.26 Å². The van der Waals surface area contributed by atoms with Gasteiger partial charge in [-0.3, -0.25) is 0 Å². The number of aromatic nitrogens is 1. The first-order valence-corrected chi connectivity index (χ1v) is 6.43. The zero-order valence-corrected chi connectivity index (χ0v) is 11.0. The molecule has 17 heavy (non-hydrogen) atoms. The summed E-state index contributed by atoms with van der Waals surface area (Å²) in [6, 6.07) is 0. The van der Waals surface area contributed by atoms with E-state index in [0.29, 0.717) is 11.0 Å². The lowest BCUT2D eigenvalue weighted by molar-refractivity contribution is 0.280. The van der Waals surface area contributed by atoms with Gasteiger partial charge in [0.15, 0.2) is 4.47 Å². The maximum absolute atomic E-state index is 8.70. The van der Waals surface area contributed by atoms with Crippen LogP contribution < -0.4 is 0 Å². The van der Waals surface area contributed by atoms with Crippen molar-refractivity contribution in [2.45, 2.75) is 13.0 Å². The van der Waals surface area contributed by atoms with Crippen LogP contribution in [0.2, 0.25) is 4.47 Å². The molecule has 7 heteroatoms. The van der Waals surface area contributed by atoms with Crippen molar-refractivity contribution in [3.8, 4) is 6.19 Å². The van der Waals surface area contributed by atoms with Gasteiger partial charge < -0.3 is 9.80 Å². The van der Waals surface area contributed by atoms with Gasteiger partial charge in [-0.25, -0.2) is 4.98 Å². The molecule has 0 N–H and O–H groups in total. The first kappa shape index (κ1) is 12.1. The van der Waals surface area contributed by atoms with Crippen LogP contribution in [-0.2, 0) is 6.54 Å². The lowest BCUT2D eigenvalue weighted by atomic mass is 10.3. The van der Waals surface area contributed by atoms with E-state index in [0.717, 1.165) is 30.3 Å². The first-order valence-electron chi connectivity index (χ1n) is 5.24. The van der Waals surface area contributed by atoms with Gasteiger partial charge in [0.1, 0.15) is 0 Å². The summed E-state index contributed by atoms with van der Waals surface area (Å²) < 4.78 is 0.545. The second-order valence-electron chi connectivity index (χ2n) is 3.79. The molecule has 5 nitrogen and oxygen atoms in total. The van der Waals surface area contributed by atoms with Gasteiger partial charge in [0.2, 0.25) is 12.2 Å². The smallest absolute Gasteiger partial charge is 0.212 e. The summed E-state index contributed by atoms with van der Waals surface area (Å²) in [5, 5.41) is 8.70. The van der Waals surface area contributed by atoms with Crippen molar-refractivity contribution in [2.75, 3.05) is 20.1 Å². The van der Waals surface area contributed by atoms with E-state index in [1.165, 1.54) is 11.3 Å². The summed E-state index contributed by atoms with van der Waals surface area (Å²) in [4.78, 5) is 13.0. The van der Waals surface area contributed by atoms with Crippen molar-refractivity contribution in [2.24, 2.45) is 4.99 Å². The molecule has 0 aliphatic carbocycles. The molecule has 0 radical (unpaired) electrons. The SMILES string of the molecule is CN1CCCN(Cc2cnc(Cl)s2)C1=NC#N. The number of hydrogen-bond acceptors (Lipinski definition) is 4. The summed E-state index contributed by atoms with van der Waals surface area (Å²) in [7, 11) is 1.95. The molecule has 1 saturated heterocycles. The van der Waals surface area contributed by atoms with Crippen LogP contribution in [0.5, 0.6) is 0 Å². The van der Waals surface area contributed by atoms with Gasteiger partial charge in [-0.1, -0.05) is 11.6 Å². The molecule has 0 saturated carbocycles. The maximum atomic E-state index is 8.70. The van der Waals surface area contributed by atoms with E-state index in [-0.39, 0.29) is 0 Å². The fraction of sp³-hybridized carbons (Fsp3) is 0.500. The molecule has 1 aliphatic rings. The van der Waals surface area contributed by atoms with Crippen LogP contribution in [0.25, 0.3) is 0 Å². The van der Waals surface area contributed by atoms with Crippen LogP contribution >= 0.6 is 22.9 Å². The minimum absolute atomic E-state index is 0.545. The Balaban J connectivity index is 2.13. The molecule has 0 atom stereocenters. The van der Waals surface area contributed by atoms with E-state index >= 15 is 0 Å². The van der Waals surface area contributed by atoms with E-state index in [1.54, 1.807) is 6.20 Å². The number of rotatable bonds is 2. The normalized spacial score (nSPS) is 18.5. The van der Waals surface area contributed by atoms with Gasteiger partial charge in [0, 0.05) is 31.2 Å². The molecule has 0 aromatic carbocycles. The highest BCUT2D eigenvalue weighted by Crippen LogP contribution is 2.21. The molecule has 0 bridgehead atoms. The van der Waals surface area contributed by atoms with E-state index in [4.69, 9.17) is 16.9 Å².